The fourth-order valence-corrected chi connectivity index (χ4v) is 2.59. The van der Waals surface area contributed by atoms with Crippen LogP contribution in [0.1, 0.15) is 41.4 Å². The van der Waals surface area contributed by atoms with Gasteiger partial charge in [0.25, 0.3) is 11.8 Å². The number of ether oxygens (including phenoxy) is 1. The highest BCUT2D eigenvalue weighted by molar-refractivity contribution is 6.30. The molecule has 0 aliphatic rings. The van der Waals surface area contributed by atoms with Crippen LogP contribution in [0, 0.1) is 0 Å². The van der Waals surface area contributed by atoms with Crippen LogP contribution < -0.4 is 10.6 Å². The maximum absolute atomic E-state index is 12.0. The van der Waals surface area contributed by atoms with Crippen molar-refractivity contribution in [2.75, 3.05) is 13.2 Å². The minimum Gasteiger partial charge on any atom is -0.454 e. The second-order valence-electron chi connectivity index (χ2n) is 6.23. The first kappa shape index (κ1) is 21.4. The number of aryl methyl sites for hydroxylation is 1. The van der Waals surface area contributed by atoms with Gasteiger partial charge >= 0.3 is 5.97 Å². The lowest BCUT2D eigenvalue weighted by atomic mass is 10.1. The molecule has 0 radical (unpaired) electrons. The summed E-state index contributed by atoms with van der Waals surface area (Å²) in [6, 6.07) is 14.0. The summed E-state index contributed by atoms with van der Waals surface area (Å²) < 4.78 is 4.90. The molecular weight excluding hydrogens is 380 g/mol. The van der Waals surface area contributed by atoms with E-state index >= 15 is 0 Å². The molecule has 2 rings (SSSR count). The first-order chi connectivity index (χ1) is 13.4. The largest absolute Gasteiger partial charge is 0.454 e. The number of esters is 1. The van der Waals surface area contributed by atoms with Crippen LogP contribution in [0.3, 0.4) is 0 Å². The van der Waals surface area contributed by atoms with Gasteiger partial charge in [-0.2, -0.15) is 0 Å². The Hall–Kier alpha value is -2.86. The lowest BCUT2D eigenvalue weighted by Gasteiger charge is -2.15. The molecule has 2 aromatic rings. The van der Waals surface area contributed by atoms with Crippen LogP contribution in [0.25, 0.3) is 0 Å². The number of hydrogen-bond donors (Lipinski definition) is 2. The number of carbonyl (C=O) groups excluding carboxylic acids is 3. The van der Waals surface area contributed by atoms with Crippen LogP contribution >= 0.6 is 11.6 Å². The Bertz CT molecular complexity index is 819. The highest BCUT2D eigenvalue weighted by atomic mass is 35.5. The van der Waals surface area contributed by atoms with Gasteiger partial charge in [-0.1, -0.05) is 42.8 Å². The molecule has 0 fully saturated rings. The Morgan fingerprint density at radius 3 is 2.29 bits per heavy atom. The van der Waals surface area contributed by atoms with Gasteiger partial charge in [-0.3, -0.25) is 14.4 Å². The van der Waals surface area contributed by atoms with Gasteiger partial charge in [-0.05, 0) is 48.7 Å². The van der Waals surface area contributed by atoms with Crippen molar-refractivity contribution in [3.8, 4) is 0 Å². The van der Waals surface area contributed by atoms with Gasteiger partial charge in [0.05, 0.1) is 6.04 Å². The van der Waals surface area contributed by atoms with Crippen LogP contribution in [0.15, 0.2) is 48.5 Å². The first-order valence-electron chi connectivity index (χ1n) is 8.96. The second kappa shape index (κ2) is 10.5. The molecule has 1 atom stereocenters. The Balaban J connectivity index is 1.71. The van der Waals surface area contributed by atoms with Crippen LogP contribution in [-0.2, 0) is 20.7 Å². The molecule has 0 saturated carbocycles. The predicted molar refractivity (Wildman–Crippen MR) is 107 cm³/mol. The molecule has 0 unspecified atom stereocenters. The van der Waals surface area contributed by atoms with Gasteiger partial charge in [0, 0.05) is 10.6 Å². The fourth-order valence-electron chi connectivity index (χ4n) is 2.46. The van der Waals surface area contributed by atoms with E-state index in [2.05, 4.69) is 17.6 Å². The number of amides is 2. The molecule has 0 aromatic heterocycles. The molecule has 0 aliphatic heterocycles. The van der Waals surface area contributed by atoms with E-state index in [-0.39, 0.29) is 12.6 Å². The van der Waals surface area contributed by atoms with Crippen LogP contribution in [-0.4, -0.2) is 30.9 Å². The van der Waals surface area contributed by atoms with Gasteiger partial charge in [-0.25, -0.2) is 0 Å². The zero-order valence-corrected chi connectivity index (χ0v) is 16.6. The van der Waals surface area contributed by atoms with E-state index in [1.54, 1.807) is 24.3 Å². The minimum absolute atomic E-state index is 0.207. The molecule has 2 aromatic carbocycles. The van der Waals surface area contributed by atoms with Crippen molar-refractivity contribution in [3.05, 3.63) is 70.2 Å². The molecule has 2 amide bonds. The summed E-state index contributed by atoms with van der Waals surface area (Å²) >= 11 is 5.76. The maximum atomic E-state index is 12.0. The third-order valence-corrected chi connectivity index (χ3v) is 4.38. The van der Waals surface area contributed by atoms with E-state index in [1.807, 2.05) is 31.2 Å². The first-order valence-corrected chi connectivity index (χ1v) is 9.34. The average Bonchev–Trinajstić information content (AvgIpc) is 2.71. The Kier molecular flexibility index (Phi) is 8.02. The maximum Gasteiger partial charge on any atom is 0.325 e. The molecule has 2 N–H and O–H groups in total. The summed E-state index contributed by atoms with van der Waals surface area (Å²) in [4.78, 5) is 35.6. The number of benzene rings is 2. The standard InChI is InChI=1S/C21H23ClN2O4/c1-3-15-4-6-16(7-5-15)14(2)24-19(25)13-28-20(26)12-23-21(27)17-8-10-18(22)11-9-17/h4-11,14H,3,12-13H2,1-2H3,(H,23,27)(H,24,25)/t14-/m0/s1. The number of halogens is 1. The third-order valence-electron chi connectivity index (χ3n) is 4.13. The number of nitrogens with one attached hydrogen (secondary N) is 2. The normalized spacial score (nSPS) is 11.4. The van der Waals surface area contributed by atoms with Crippen molar-refractivity contribution in [1.29, 1.82) is 0 Å². The van der Waals surface area contributed by atoms with Crippen molar-refractivity contribution in [1.82, 2.24) is 10.6 Å². The van der Waals surface area contributed by atoms with Crippen LogP contribution in [0.4, 0.5) is 0 Å². The Morgan fingerprint density at radius 1 is 1.04 bits per heavy atom. The summed E-state index contributed by atoms with van der Waals surface area (Å²) in [6.07, 6.45) is 0.950. The topological polar surface area (TPSA) is 84.5 Å². The number of rotatable bonds is 8. The van der Waals surface area contributed by atoms with Gasteiger partial charge < -0.3 is 15.4 Å². The van der Waals surface area contributed by atoms with Crippen molar-refractivity contribution in [2.45, 2.75) is 26.3 Å². The molecule has 0 saturated heterocycles. The van der Waals surface area contributed by atoms with E-state index in [4.69, 9.17) is 16.3 Å². The molecule has 0 bridgehead atoms. The zero-order chi connectivity index (χ0) is 20.5. The smallest absolute Gasteiger partial charge is 0.325 e. The summed E-state index contributed by atoms with van der Waals surface area (Å²) in [7, 11) is 0. The van der Waals surface area contributed by atoms with Crippen molar-refractivity contribution >= 4 is 29.4 Å². The summed E-state index contributed by atoms with van der Waals surface area (Å²) in [5.41, 5.74) is 2.56. The molecule has 6 nitrogen and oxygen atoms in total. The summed E-state index contributed by atoms with van der Waals surface area (Å²) in [5, 5.41) is 5.71. The van der Waals surface area contributed by atoms with E-state index < -0.39 is 24.4 Å². The van der Waals surface area contributed by atoms with Crippen LogP contribution in [0.5, 0.6) is 0 Å². The van der Waals surface area contributed by atoms with Gasteiger partial charge in [-0.15, -0.1) is 0 Å². The summed E-state index contributed by atoms with van der Waals surface area (Å²) in [5.74, 6) is -1.54. The van der Waals surface area contributed by atoms with E-state index in [0.717, 1.165) is 12.0 Å². The van der Waals surface area contributed by atoms with Gasteiger partial charge in [0.1, 0.15) is 6.54 Å². The lowest BCUT2D eigenvalue weighted by molar-refractivity contribution is -0.147. The van der Waals surface area contributed by atoms with Crippen molar-refractivity contribution in [2.24, 2.45) is 0 Å². The van der Waals surface area contributed by atoms with E-state index in [0.29, 0.717) is 10.6 Å². The molecular formula is C21H23ClN2O4. The summed E-state index contributed by atoms with van der Waals surface area (Å²) in [6.45, 7) is 3.19. The second-order valence-corrected chi connectivity index (χ2v) is 6.67. The fraction of sp³-hybridized carbons (Fsp3) is 0.286. The van der Waals surface area contributed by atoms with Crippen LogP contribution in [0.2, 0.25) is 5.02 Å². The van der Waals surface area contributed by atoms with Crippen molar-refractivity contribution < 1.29 is 19.1 Å². The molecule has 0 heterocycles. The van der Waals surface area contributed by atoms with Gasteiger partial charge in [0.15, 0.2) is 6.61 Å². The monoisotopic (exact) mass is 402 g/mol. The molecule has 0 aliphatic carbocycles. The highest BCUT2D eigenvalue weighted by Crippen LogP contribution is 2.13. The quantitative estimate of drug-likeness (QED) is 0.664. The molecule has 148 valence electrons. The third kappa shape index (κ3) is 6.70. The molecule has 28 heavy (non-hydrogen) atoms. The average molecular weight is 403 g/mol. The van der Waals surface area contributed by atoms with Gasteiger partial charge in [0.2, 0.25) is 0 Å². The van der Waals surface area contributed by atoms with Crippen molar-refractivity contribution in [3.63, 3.8) is 0 Å². The van der Waals surface area contributed by atoms with E-state index in [9.17, 15) is 14.4 Å². The zero-order valence-electron chi connectivity index (χ0n) is 15.8. The molecule has 0 spiro atoms. The lowest BCUT2D eigenvalue weighted by Crippen LogP contribution is -2.34. The number of carbonyl (C=O) groups is 3. The minimum atomic E-state index is -0.697. The Labute approximate surface area is 169 Å². The highest BCUT2D eigenvalue weighted by Gasteiger charge is 2.13. The van der Waals surface area contributed by atoms with E-state index in [1.165, 1.54) is 5.56 Å². The SMILES string of the molecule is CCc1ccc([C@H](C)NC(=O)COC(=O)CNC(=O)c2ccc(Cl)cc2)cc1. The number of hydrogen-bond acceptors (Lipinski definition) is 4. The Morgan fingerprint density at radius 2 is 1.68 bits per heavy atom. The predicted octanol–water partition coefficient (Wildman–Crippen LogP) is 3.05. The molecule has 7 heteroatoms.